The topological polar surface area (TPSA) is 50.4 Å². The number of benzene rings is 1. The van der Waals surface area contributed by atoms with Crippen molar-refractivity contribution in [3.63, 3.8) is 0 Å². The molecule has 1 aliphatic rings. The molecule has 1 aromatic carbocycles. The van der Waals surface area contributed by atoms with Crippen LogP contribution in [0.5, 0.6) is 5.75 Å². The summed E-state index contributed by atoms with van der Waals surface area (Å²) in [5.41, 5.74) is 1.70. The van der Waals surface area contributed by atoms with Crippen LogP contribution in [0.4, 0.5) is 11.4 Å². The summed E-state index contributed by atoms with van der Waals surface area (Å²) in [6.45, 7) is 1.82. The number of nitrogens with one attached hydrogen (secondary N) is 2. The summed E-state index contributed by atoms with van der Waals surface area (Å²) in [7, 11) is 1.62. The quantitative estimate of drug-likeness (QED) is 0.708. The van der Waals surface area contributed by atoms with Gasteiger partial charge in [-0.1, -0.05) is 0 Å². The summed E-state index contributed by atoms with van der Waals surface area (Å²) in [6, 6.07) is 5.31. The molecule has 0 bridgehead atoms. The zero-order valence-corrected chi connectivity index (χ0v) is 8.13. The molecule has 4 nitrogen and oxygen atoms in total. The summed E-state index contributed by atoms with van der Waals surface area (Å²) in [5, 5.41) is 5.90. The van der Waals surface area contributed by atoms with Gasteiger partial charge in [-0.3, -0.25) is 4.79 Å². The molecular weight excluding hydrogens is 180 g/mol. The summed E-state index contributed by atoms with van der Waals surface area (Å²) in [5.74, 6) is 0.766. The number of hydrogen-bond donors (Lipinski definition) is 2. The number of anilines is 2. The summed E-state index contributed by atoms with van der Waals surface area (Å²) < 4.78 is 5.09. The zero-order valence-electron chi connectivity index (χ0n) is 8.13. The fourth-order valence-electron chi connectivity index (χ4n) is 1.42. The minimum atomic E-state index is -0.199. The molecule has 0 saturated carbocycles. The molecule has 2 rings (SSSR count). The van der Waals surface area contributed by atoms with Gasteiger partial charge in [0.15, 0.2) is 0 Å². The third kappa shape index (κ3) is 1.39. The highest BCUT2D eigenvalue weighted by atomic mass is 16.5. The van der Waals surface area contributed by atoms with Crippen molar-refractivity contribution in [2.75, 3.05) is 17.7 Å². The Morgan fingerprint density at radius 1 is 1.36 bits per heavy atom. The molecule has 0 fully saturated rings. The Hall–Kier alpha value is -1.71. The van der Waals surface area contributed by atoms with Crippen molar-refractivity contribution in [3.8, 4) is 5.75 Å². The van der Waals surface area contributed by atoms with Crippen molar-refractivity contribution >= 4 is 17.3 Å². The molecule has 0 aromatic heterocycles. The molecule has 1 heterocycles. The first-order valence-corrected chi connectivity index (χ1v) is 4.46. The van der Waals surface area contributed by atoms with Gasteiger partial charge in [0.05, 0.1) is 18.5 Å². The summed E-state index contributed by atoms with van der Waals surface area (Å²) >= 11 is 0. The van der Waals surface area contributed by atoms with Gasteiger partial charge in [0, 0.05) is 6.07 Å². The van der Waals surface area contributed by atoms with Crippen LogP contribution in [-0.4, -0.2) is 19.1 Å². The number of carbonyl (C=O) groups excluding carboxylic acids is 1. The van der Waals surface area contributed by atoms with Gasteiger partial charge in [-0.2, -0.15) is 0 Å². The minimum absolute atomic E-state index is 0.0114. The van der Waals surface area contributed by atoms with Gasteiger partial charge in [0.1, 0.15) is 11.8 Å². The Kier molecular flexibility index (Phi) is 2.04. The number of carbonyl (C=O) groups is 1. The Labute approximate surface area is 82.3 Å². The van der Waals surface area contributed by atoms with Crippen molar-refractivity contribution in [3.05, 3.63) is 18.2 Å². The van der Waals surface area contributed by atoms with E-state index in [1.165, 1.54) is 0 Å². The lowest BCUT2D eigenvalue weighted by molar-refractivity contribution is -0.116. The predicted octanol–water partition coefficient (Wildman–Crippen LogP) is 1.45. The first kappa shape index (κ1) is 8.87. The van der Waals surface area contributed by atoms with E-state index in [9.17, 15) is 4.79 Å². The number of ether oxygens (including phenoxy) is 1. The number of rotatable bonds is 1. The first-order chi connectivity index (χ1) is 6.70. The van der Waals surface area contributed by atoms with E-state index >= 15 is 0 Å². The lowest BCUT2D eigenvalue weighted by atomic mass is 10.1. The Balaban J connectivity index is 2.37. The SMILES string of the molecule is COc1ccc2c(c1)NC(C)C(=O)N2. The highest BCUT2D eigenvalue weighted by molar-refractivity contribution is 6.02. The number of methoxy groups -OCH3 is 1. The van der Waals surface area contributed by atoms with E-state index in [0.29, 0.717) is 0 Å². The molecule has 0 spiro atoms. The molecule has 1 aliphatic heterocycles. The summed E-state index contributed by atoms with van der Waals surface area (Å²) in [6.07, 6.45) is 0. The maximum absolute atomic E-state index is 11.3. The molecule has 1 aromatic rings. The second kappa shape index (κ2) is 3.21. The fraction of sp³-hybridized carbons (Fsp3) is 0.300. The monoisotopic (exact) mass is 192 g/mol. The highest BCUT2D eigenvalue weighted by Crippen LogP contribution is 2.30. The van der Waals surface area contributed by atoms with Crippen LogP contribution in [0, 0.1) is 0 Å². The third-order valence-corrected chi connectivity index (χ3v) is 2.25. The maximum atomic E-state index is 11.3. The van der Waals surface area contributed by atoms with E-state index in [2.05, 4.69) is 10.6 Å². The molecule has 0 radical (unpaired) electrons. The van der Waals surface area contributed by atoms with Crippen molar-refractivity contribution in [1.82, 2.24) is 0 Å². The standard InChI is InChI=1S/C10H12N2O2/c1-6-10(13)12-8-4-3-7(14-2)5-9(8)11-6/h3-6,11H,1-2H3,(H,12,13). The average Bonchev–Trinajstić information content (AvgIpc) is 2.19. The first-order valence-electron chi connectivity index (χ1n) is 4.46. The molecule has 14 heavy (non-hydrogen) atoms. The average molecular weight is 192 g/mol. The van der Waals surface area contributed by atoms with Crippen molar-refractivity contribution in [2.24, 2.45) is 0 Å². The third-order valence-electron chi connectivity index (χ3n) is 2.25. The van der Waals surface area contributed by atoms with E-state index in [-0.39, 0.29) is 11.9 Å². The van der Waals surface area contributed by atoms with E-state index < -0.39 is 0 Å². The van der Waals surface area contributed by atoms with Gasteiger partial charge >= 0.3 is 0 Å². The zero-order chi connectivity index (χ0) is 10.1. The van der Waals surface area contributed by atoms with Crippen LogP contribution in [0.1, 0.15) is 6.92 Å². The van der Waals surface area contributed by atoms with Crippen molar-refractivity contribution in [1.29, 1.82) is 0 Å². The number of hydrogen-bond acceptors (Lipinski definition) is 3. The Morgan fingerprint density at radius 2 is 2.14 bits per heavy atom. The molecule has 74 valence electrons. The van der Waals surface area contributed by atoms with Crippen LogP contribution in [0.3, 0.4) is 0 Å². The minimum Gasteiger partial charge on any atom is -0.497 e. The predicted molar refractivity (Wildman–Crippen MR) is 54.7 cm³/mol. The molecule has 2 N–H and O–H groups in total. The van der Waals surface area contributed by atoms with E-state index in [1.807, 2.05) is 25.1 Å². The molecule has 1 unspecified atom stereocenters. The van der Waals surface area contributed by atoms with Crippen LogP contribution >= 0.6 is 0 Å². The lowest BCUT2D eigenvalue weighted by Gasteiger charge is -2.24. The van der Waals surface area contributed by atoms with Gasteiger partial charge < -0.3 is 15.4 Å². The van der Waals surface area contributed by atoms with Gasteiger partial charge in [-0.25, -0.2) is 0 Å². The van der Waals surface area contributed by atoms with Crippen molar-refractivity contribution in [2.45, 2.75) is 13.0 Å². The van der Waals surface area contributed by atoms with Gasteiger partial charge in [0.2, 0.25) is 5.91 Å². The van der Waals surface area contributed by atoms with Gasteiger partial charge in [-0.15, -0.1) is 0 Å². The van der Waals surface area contributed by atoms with Crippen LogP contribution in [-0.2, 0) is 4.79 Å². The summed E-state index contributed by atoms with van der Waals surface area (Å²) in [4.78, 5) is 11.3. The van der Waals surface area contributed by atoms with E-state index in [0.717, 1.165) is 17.1 Å². The normalized spacial score (nSPS) is 19.3. The van der Waals surface area contributed by atoms with Crippen molar-refractivity contribution < 1.29 is 9.53 Å². The fourth-order valence-corrected chi connectivity index (χ4v) is 1.42. The van der Waals surface area contributed by atoms with Crippen LogP contribution < -0.4 is 15.4 Å². The number of amides is 1. The number of fused-ring (bicyclic) bond motifs is 1. The molecule has 1 atom stereocenters. The molecule has 0 aliphatic carbocycles. The Bertz CT molecular complexity index is 376. The molecular formula is C10H12N2O2. The van der Waals surface area contributed by atoms with Gasteiger partial charge in [-0.05, 0) is 19.1 Å². The molecule has 4 heteroatoms. The largest absolute Gasteiger partial charge is 0.497 e. The van der Waals surface area contributed by atoms with Crippen LogP contribution in [0.15, 0.2) is 18.2 Å². The Morgan fingerprint density at radius 3 is 2.86 bits per heavy atom. The lowest BCUT2D eigenvalue weighted by Crippen LogP contribution is -2.36. The van der Waals surface area contributed by atoms with Crippen LogP contribution in [0.25, 0.3) is 0 Å². The second-order valence-corrected chi connectivity index (χ2v) is 3.27. The molecule has 0 saturated heterocycles. The molecule has 1 amide bonds. The highest BCUT2D eigenvalue weighted by Gasteiger charge is 2.21. The van der Waals surface area contributed by atoms with Crippen LogP contribution in [0.2, 0.25) is 0 Å². The second-order valence-electron chi connectivity index (χ2n) is 3.27. The van der Waals surface area contributed by atoms with E-state index in [4.69, 9.17) is 4.74 Å². The maximum Gasteiger partial charge on any atom is 0.246 e. The van der Waals surface area contributed by atoms with E-state index in [1.54, 1.807) is 7.11 Å². The van der Waals surface area contributed by atoms with Gasteiger partial charge in [0.25, 0.3) is 0 Å². The smallest absolute Gasteiger partial charge is 0.246 e.